The van der Waals surface area contributed by atoms with Gasteiger partial charge >= 0.3 is 6.03 Å². The van der Waals surface area contributed by atoms with Crippen molar-refractivity contribution in [3.05, 3.63) is 54.1 Å². The van der Waals surface area contributed by atoms with Crippen LogP contribution in [0.4, 0.5) is 4.79 Å². The quantitative estimate of drug-likeness (QED) is 0.713. The van der Waals surface area contributed by atoms with Gasteiger partial charge in [-0.15, -0.1) is 0 Å². The first-order valence-corrected chi connectivity index (χ1v) is 8.16. The van der Waals surface area contributed by atoms with E-state index in [9.17, 15) is 4.79 Å². The number of hydrogen-bond donors (Lipinski definition) is 1. The highest BCUT2D eigenvalue weighted by Crippen LogP contribution is 2.17. The Balaban J connectivity index is 1.64. The predicted molar refractivity (Wildman–Crippen MR) is 90.3 cm³/mol. The number of unbranched alkanes of at least 4 members (excludes halogenated alkanes) is 1. The Bertz CT molecular complexity index is 780. The second-order valence-electron chi connectivity index (χ2n) is 5.64. The van der Waals surface area contributed by atoms with E-state index in [1.54, 1.807) is 11.2 Å². The lowest BCUT2D eigenvalue weighted by Crippen LogP contribution is -2.39. The lowest BCUT2D eigenvalue weighted by Gasteiger charge is -2.21. The lowest BCUT2D eigenvalue weighted by molar-refractivity contribution is 0.188. The molecule has 0 atom stereocenters. The van der Waals surface area contributed by atoms with Gasteiger partial charge < -0.3 is 19.2 Å². The molecule has 1 aromatic carbocycles. The zero-order chi connectivity index (χ0) is 16.8. The molecule has 0 saturated carbocycles. The number of carbonyl (C=O) groups excluding carboxylic acids is 1. The molecule has 0 aliphatic heterocycles. The van der Waals surface area contributed by atoms with Crippen molar-refractivity contribution in [1.82, 2.24) is 15.4 Å². The van der Waals surface area contributed by atoms with Crippen LogP contribution in [0.15, 0.2) is 51.6 Å². The third-order valence-corrected chi connectivity index (χ3v) is 3.85. The van der Waals surface area contributed by atoms with Gasteiger partial charge in [0.2, 0.25) is 0 Å². The summed E-state index contributed by atoms with van der Waals surface area (Å²) in [5, 5.41) is 7.88. The normalized spacial score (nSPS) is 10.9. The topological polar surface area (TPSA) is 71.5 Å². The van der Waals surface area contributed by atoms with Gasteiger partial charge in [0.15, 0.2) is 5.58 Å². The average Bonchev–Trinajstić information content (AvgIpc) is 3.26. The molecular formula is C18H21N3O3. The van der Waals surface area contributed by atoms with Gasteiger partial charge in [-0.2, -0.15) is 0 Å². The van der Waals surface area contributed by atoms with Gasteiger partial charge in [0, 0.05) is 11.9 Å². The second kappa shape index (κ2) is 7.68. The molecular weight excluding hydrogens is 306 g/mol. The Morgan fingerprint density at radius 1 is 1.25 bits per heavy atom. The molecule has 24 heavy (non-hydrogen) atoms. The van der Waals surface area contributed by atoms with Crippen LogP contribution in [0.3, 0.4) is 0 Å². The standard InChI is InChI=1S/C18H21N3O3/c1-2-3-10-21(13-14-7-6-11-23-14)18(22)19-12-16-15-8-4-5-9-17(15)24-20-16/h4-9,11H,2-3,10,12-13H2,1H3,(H,19,22). The molecule has 126 valence electrons. The molecule has 0 fully saturated rings. The van der Waals surface area contributed by atoms with Crippen molar-refractivity contribution in [3.8, 4) is 0 Å². The first kappa shape index (κ1) is 16.1. The van der Waals surface area contributed by atoms with Crippen LogP contribution >= 0.6 is 0 Å². The summed E-state index contributed by atoms with van der Waals surface area (Å²) in [6.45, 7) is 3.57. The van der Waals surface area contributed by atoms with Crippen LogP contribution in [0, 0.1) is 0 Å². The van der Waals surface area contributed by atoms with E-state index in [-0.39, 0.29) is 6.03 Å². The van der Waals surface area contributed by atoms with Crippen molar-refractivity contribution in [2.24, 2.45) is 0 Å². The largest absolute Gasteiger partial charge is 0.467 e. The highest BCUT2D eigenvalue weighted by atomic mass is 16.5. The Kier molecular flexibility index (Phi) is 5.15. The molecule has 0 bridgehead atoms. The fourth-order valence-electron chi connectivity index (χ4n) is 2.53. The average molecular weight is 327 g/mol. The number of hydrogen-bond acceptors (Lipinski definition) is 4. The summed E-state index contributed by atoms with van der Waals surface area (Å²) in [5.74, 6) is 0.771. The third kappa shape index (κ3) is 3.76. The molecule has 0 radical (unpaired) electrons. The number of furan rings is 1. The molecule has 0 unspecified atom stereocenters. The van der Waals surface area contributed by atoms with Gasteiger partial charge in [0.1, 0.15) is 11.5 Å². The van der Waals surface area contributed by atoms with Gasteiger partial charge in [0.05, 0.1) is 19.4 Å². The van der Waals surface area contributed by atoms with Gasteiger partial charge in [0.25, 0.3) is 0 Å². The highest BCUT2D eigenvalue weighted by Gasteiger charge is 2.16. The fourth-order valence-corrected chi connectivity index (χ4v) is 2.53. The number of aromatic nitrogens is 1. The van der Waals surface area contributed by atoms with Crippen LogP contribution in [0.1, 0.15) is 31.2 Å². The lowest BCUT2D eigenvalue weighted by atomic mass is 10.2. The summed E-state index contributed by atoms with van der Waals surface area (Å²) in [5.41, 5.74) is 1.45. The van der Waals surface area contributed by atoms with Crippen molar-refractivity contribution < 1.29 is 13.7 Å². The van der Waals surface area contributed by atoms with Crippen LogP contribution in [0.5, 0.6) is 0 Å². The maximum atomic E-state index is 12.5. The van der Waals surface area contributed by atoms with Crippen molar-refractivity contribution in [2.75, 3.05) is 6.54 Å². The minimum absolute atomic E-state index is 0.132. The molecule has 6 heteroatoms. The van der Waals surface area contributed by atoms with Crippen LogP contribution in [0.2, 0.25) is 0 Å². The third-order valence-electron chi connectivity index (χ3n) is 3.85. The van der Waals surface area contributed by atoms with Gasteiger partial charge in [-0.3, -0.25) is 0 Å². The van der Waals surface area contributed by atoms with E-state index in [1.807, 2.05) is 36.4 Å². The van der Waals surface area contributed by atoms with Crippen molar-refractivity contribution in [2.45, 2.75) is 32.9 Å². The number of rotatable bonds is 7. The molecule has 6 nitrogen and oxygen atoms in total. The van der Waals surface area contributed by atoms with Crippen LogP contribution in [-0.2, 0) is 13.1 Å². The number of urea groups is 1. The number of amides is 2. The van der Waals surface area contributed by atoms with E-state index < -0.39 is 0 Å². The summed E-state index contributed by atoms with van der Waals surface area (Å²) < 4.78 is 10.6. The number of nitrogens with one attached hydrogen (secondary N) is 1. The van der Waals surface area contributed by atoms with Crippen LogP contribution < -0.4 is 5.32 Å². The first-order chi connectivity index (χ1) is 11.8. The molecule has 0 aliphatic rings. The smallest absolute Gasteiger partial charge is 0.318 e. The molecule has 3 aromatic rings. The van der Waals surface area contributed by atoms with E-state index >= 15 is 0 Å². The van der Waals surface area contributed by atoms with Gasteiger partial charge in [-0.25, -0.2) is 4.79 Å². The molecule has 1 N–H and O–H groups in total. The molecule has 2 heterocycles. The summed E-state index contributed by atoms with van der Waals surface area (Å²) in [6, 6.07) is 11.2. The van der Waals surface area contributed by atoms with Crippen LogP contribution in [0.25, 0.3) is 11.0 Å². The van der Waals surface area contributed by atoms with E-state index in [2.05, 4.69) is 17.4 Å². The second-order valence-corrected chi connectivity index (χ2v) is 5.64. The minimum atomic E-state index is -0.132. The van der Waals surface area contributed by atoms with E-state index in [0.29, 0.717) is 19.6 Å². The Labute approximate surface area is 140 Å². The number of benzene rings is 1. The van der Waals surface area contributed by atoms with E-state index in [0.717, 1.165) is 35.3 Å². The van der Waals surface area contributed by atoms with Gasteiger partial charge in [-0.1, -0.05) is 30.6 Å². The Morgan fingerprint density at radius 3 is 2.92 bits per heavy atom. The SMILES string of the molecule is CCCCN(Cc1ccco1)C(=O)NCc1noc2ccccc12. The van der Waals surface area contributed by atoms with Crippen molar-refractivity contribution in [3.63, 3.8) is 0 Å². The zero-order valence-electron chi connectivity index (χ0n) is 13.7. The molecule has 2 aromatic heterocycles. The van der Waals surface area contributed by atoms with Crippen LogP contribution in [-0.4, -0.2) is 22.6 Å². The Hall–Kier alpha value is -2.76. The minimum Gasteiger partial charge on any atom is -0.467 e. The predicted octanol–water partition coefficient (Wildman–Crippen LogP) is 3.93. The van der Waals surface area contributed by atoms with E-state index in [4.69, 9.17) is 8.94 Å². The maximum absolute atomic E-state index is 12.5. The molecule has 0 spiro atoms. The fraction of sp³-hybridized carbons (Fsp3) is 0.333. The van der Waals surface area contributed by atoms with E-state index in [1.165, 1.54) is 0 Å². The summed E-state index contributed by atoms with van der Waals surface area (Å²) >= 11 is 0. The molecule has 0 aliphatic carbocycles. The maximum Gasteiger partial charge on any atom is 0.318 e. The summed E-state index contributed by atoms with van der Waals surface area (Å²) in [7, 11) is 0. The Morgan fingerprint density at radius 2 is 2.12 bits per heavy atom. The number of fused-ring (bicyclic) bond motifs is 1. The summed E-state index contributed by atoms with van der Waals surface area (Å²) in [4.78, 5) is 14.3. The molecule has 3 rings (SSSR count). The highest BCUT2D eigenvalue weighted by molar-refractivity contribution is 5.80. The zero-order valence-corrected chi connectivity index (χ0v) is 13.7. The number of carbonyl (C=O) groups is 1. The summed E-state index contributed by atoms with van der Waals surface area (Å²) in [6.07, 6.45) is 3.59. The monoisotopic (exact) mass is 327 g/mol. The van der Waals surface area contributed by atoms with Crippen molar-refractivity contribution >= 4 is 17.0 Å². The first-order valence-electron chi connectivity index (χ1n) is 8.16. The number of nitrogens with zero attached hydrogens (tertiary/aromatic N) is 2. The molecule has 2 amide bonds. The molecule has 0 saturated heterocycles. The van der Waals surface area contributed by atoms with Crippen molar-refractivity contribution in [1.29, 1.82) is 0 Å². The van der Waals surface area contributed by atoms with Gasteiger partial charge in [-0.05, 0) is 30.7 Å². The number of para-hydroxylation sites is 1.